The number of nitrogens with zero attached hydrogens (tertiary/aromatic N) is 1. The van der Waals surface area contributed by atoms with E-state index in [0.29, 0.717) is 18.5 Å². The van der Waals surface area contributed by atoms with E-state index in [4.69, 9.17) is 5.73 Å². The number of nitrogens with one attached hydrogen (secondary N) is 2. The van der Waals surface area contributed by atoms with Crippen molar-refractivity contribution < 1.29 is 39.0 Å². The Morgan fingerprint density at radius 1 is 1.15 bits per heavy atom. The van der Waals surface area contributed by atoms with Gasteiger partial charge in [0, 0.05) is 5.92 Å². The molecule has 0 bridgehead atoms. The molecule has 1 aromatic rings. The first-order valence-electron chi connectivity index (χ1n) is 13.4. The van der Waals surface area contributed by atoms with Crippen LogP contribution in [0.15, 0.2) is 12.1 Å². The highest BCUT2D eigenvalue weighted by Crippen LogP contribution is 2.51. The maximum Gasteiger partial charge on any atom is 0.244 e. The third kappa shape index (κ3) is 4.16. The minimum absolute atomic E-state index is 0.0196. The number of hydrogen-bond donors (Lipinski definition) is 5. The molecule has 3 aliphatic rings. The van der Waals surface area contributed by atoms with Crippen LogP contribution in [-0.4, -0.2) is 87.9 Å². The average Bonchev–Trinajstić information content (AvgIpc) is 2.87. The Morgan fingerprint density at radius 2 is 1.80 bits per heavy atom. The van der Waals surface area contributed by atoms with Gasteiger partial charge in [0.05, 0.1) is 28.7 Å². The molecule has 0 spiro atoms. The predicted octanol–water partition coefficient (Wildman–Crippen LogP) is -0.416. The van der Waals surface area contributed by atoms with E-state index in [1.54, 1.807) is 13.0 Å². The summed E-state index contributed by atoms with van der Waals surface area (Å²) in [4.78, 5) is 80.6. The van der Waals surface area contributed by atoms with Crippen LogP contribution < -0.4 is 16.4 Å². The second-order valence-corrected chi connectivity index (χ2v) is 11.5. The summed E-state index contributed by atoms with van der Waals surface area (Å²) < 4.78 is 0. The van der Waals surface area contributed by atoms with Crippen LogP contribution in [0.5, 0.6) is 5.75 Å². The summed E-state index contributed by atoms with van der Waals surface area (Å²) in [5.74, 6) is -11.6. The van der Waals surface area contributed by atoms with Crippen molar-refractivity contribution >= 4 is 40.6 Å². The Labute approximate surface area is 231 Å². The van der Waals surface area contributed by atoms with Crippen molar-refractivity contribution in [2.45, 2.75) is 57.2 Å². The molecule has 4 rings (SSSR count). The quantitative estimate of drug-likeness (QED) is 0.217. The molecular weight excluding hydrogens is 520 g/mol. The number of carbonyl (C=O) groups is 6. The Hall–Kier alpha value is -3.48. The van der Waals surface area contributed by atoms with Gasteiger partial charge in [-0.15, -0.1) is 0 Å². The number of likely N-dealkylation sites (N-methyl/N-ethyl adjacent to an activating group) is 2. The van der Waals surface area contributed by atoms with E-state index in [1.807, 2.05) is 13.8 Å². The zero-order chi connectivity index (χ0) is 29.9. The fourth-order valence-electron chi connectivity index (χ4n) is 6.70. The second kappa shape index (κ2) is 10.2. The summed E-state index contributed by atoms with van der Waals surface area (Å²) in [5, 5.41) is 28.5. The van der Waals surface area contributed by atoms with Crippen LogP contribution in [0.25, 0.3) is 0 Å². The highest BCUT2D eigenvalue weighted by atomic mass is 16.3. The lowest BCUT2D eigenvalue weighted by Crippen LogP contribution is -2.74. The van der Waals surface area contributed by atoms with Crippen molar-refractivity contribution in [3.05, 3.63) is 23.3 Å². The minimum atomic E-state index is -2.78. The summed E-state index contributed by atoms with van der Waals surface area (Å²) in [7, 11) is 3.06. The van der Waals surface area contributed by atoms with E-state index in [2.05, 4.69) is 10.6 Å². The Morgan fingerprint density at radius 3 is 2.35 bits per heavy atom. The summed E-state index contributed by atoms with van der Waals surface area (Å²) in [5.41, 5.74) is 1.85. The Balaban J connectivity index is 1.75. The highest BCUT2D eigenvalue weighted by molar-refractivity contribution is 6.32. The number of carbonyl (C=O) groups excluding carboxylic acids is 6. The van der Waals surface area contributed by atoms with Gasteiger partial charge >= 0.3 is 0 Å². The smallest absolute Gasteiger partial charge is 0.244 e. The van der Waals surface area contributed by atoms with E-state index < -0.39 is 81.6 Å². The first kappa shape index (κ1) is 29.5. The number of rotatable bonds is 7. The van der Waals surface area contributed by atoms with Crippen molar-refractivity contribution in [3.63, 3.8) is 0 Å². The van der Waals surface area contributed by atoms with E-state index >= 15 is 0 Å². The van der Waals surface area contributed by atoms with Gasteiger partial charge in [-0.05, 0) is 64.4 Å². The number of amides is 2. The summed E-state index contributed by atoms with van der Waals surface area (Å²) >= 11 is 0. The van der Waals surface area contributed by atoms with E-state index in [-0.39, 0.29) is 24.1 Å². The number of primary amides is 1. The van der Waals surface area contributed by atoms with Crippen LogP contribution in [-0.2, 0) is 30.4 Å². The number of nitrogens with two attached hydrogens (primary N) is 1. The molecule has 1 aromatic carbocycles. The molecule has 12 nitrogen and oxygen atoms in total. The van der Waals surface area contributed by atoms with Crippen LogP contribution in [0.2, 0.25) is 0 Å². The van der Waals surface area contributed by atoms with Crippen LogP contribution in [0.4, 0.5) is 5.69 Å². The van der Waals surface area contributed by atoms with Crippen LogP contribution in [0.3, 0.4) is 0 Å². The summed E-state index contributed by atoms with van der Waals surface area (Å²) in [6.45, 7) is 5.92. The molecule has 40 heavy (non-hydrogen) atoms. The molecule has 7 atom stereocenters. The molecular formula is C28H36N4O8. The number of phenolic OH excluding ortho intramolecular Hbond substituents is 1. The number of aliphatic hydroxyl groups is 1. The zero-order valence-corrected chi connectivity index (χ0v) is 23.2. The first-order chi connectivity index (χ1) is 18.6. The van der Waals surface area contributed by atoms with Crippen molar-refractivity contribution in [1.29, 1.82) is 0 Å². The van der Waals surface area contributed by atoms with Crippen molar-refractivity contribution in [2.24, 2.45) is 29.4 Å². The van der Waals surface area contributed by atoms with Crippen LogP contribution >= 0.6 is 0 Å². The predicted molar refractivity (Wildman–Crippen MR) is 142 cm³/mol. The largest absolute Gasteiger partial charge is 0.505 e. The SMILES string of the molecule is CCNC(C)(CC)C(=O)Nc1ccc2c(c1O)C(=O)C1C(=O)[C@]3(O)C(=O)C(C(N)=O)C(=O)[C@@H](N(C)C)C3CC1C2. The summed E-state index contributed by atoms with van der Waals surface area (Å²) in [6.07, 6.45) is 0.574. The maximum absolute atomic E-state index is 13.9. The molecule has 2 amide bonds. The van der Waals surface area contributed by atoms with Gasteiger partial charge in [-0.1, -0.05) is 19.9 Å². The van der Waals surface area contributed by atoms with Crippen LogP contribution in [0.1, 0.15) is 49.5 Å². The third-order valence-corrected chi connectivity index (χ3v) is 8.96. The molecule has 5 unspecified atom stereocenters. The molecule has 0 radical (unpaired) electrons. The first-order valence-corrected chi connectivity index (χ1v) is 13.4. The second-order valence-electron chi connectivity index (χ2n) is 11.5. The van der Waals surface area contributed by atoms with E-state index in [9.17, 15) is 39.0 Å². The number of Topliss-reactive ketones (excluding diaryl/α,β-unsaturated/α-hetero) is 4. The minimum Gasteiger partial charge on any atom is -0.505 e. The monoisotopic (exact) mass is 556 g/mol. The van der Waals surface area contributed by atoms with Crippen molar-refractivity contribution in [2.75, 3.05) is 26.0 Å². The number of fused-ring (bicyclic) bond motifs is 3. The highest BCUT2D eigenvalue weighted by Gasteiger charge is 2.69. The maximum atomic E-state index is 13.9. The number of hydrogen-bond acceptors (Lipinski definition) is 10. The van der Waals surface area contributed by atoms with Gasteiger partial charge in [0.2, 0.25) is 11.8 Å². The molecule has 216 valence electrons. The van der Waals surface area contributed by atoms with Crippen molar-refractivity contribution in [3.8, 4) is 5.75 Å². The fourth-order valence-corrected chi connectivity index (χ4v) is 6.70. The lowest BCUT2D eigenvalue weighted by Gasteiger charge is -2.52. The lowest BCUT2D eigenvalue weighted by atomic mass is 9.52. The number of benzene rings is 1. The van der Waals surface area contributed by atoms with E-state index in [1.165, 1.54) is 25.1 Å². The van der Waals surface area contributed by atoms with Gasteiger partial charge in [0.1, 0.15) is 5.75 Å². The molecule has 0 heterocycles. The van der Waals surface area contributed by atoms with Gasteiger partial charge in [0.15, 0.2) is 34.7 Å². The Kier molecular flexibility index (Phi) is 7.50. The van der Waals surface area contributed by atoms with Gasteiger partial charge in [0.25, 0.3) is 0 Å². The van der Waals surface area contributed by atoms with Gasteiger partial charge in [-0.2, -0.15) is 0 Å². The topological polar surface area (TPSA) is 196 Å². The number of phenols is 1. The molecule has 0 aliphatic heterocycles. The van der Waals surface area contributed by atoms with Gasteiger partial charge < -0.3 is 26.6 Å². The average molecular weight is 557 g/mol. The lowest BCUT2D eigenvalue weighted by molar-refractivity contribution is -0.181. The molecule has 12 heteroatoms. The molecule has 3 aliphatic carbocycles. The Bertz CT molecular complexity index is 1330. The van der Waals surface area contributed by atoms with Crippen molar-refractivity contribution in [1.82, 2.24) is 10.2 Å². The molecule has 2 saturated carbocycles. The summed E-state index contributed by atoms with van der Waals surface area (Å²) in [6, 6.07) is 1.91. The molecule has 6 N–H and O–H groups in total. The molecule has 0 aromatic heterocycles. The van der Waals surface area contributed by atoms with Crippen LogP contribution in [0, 0.1) is 23.7 Å². The molecule has 2 fully saturated rings. The molecule has 0 saturated heterocycles. The zero-order valence-electron chi connectivity index (χ0n) is 23.2. The van der Waals surface area contributed by atoms with Gasteiger partial charge in [-0.3, -0.25) is 33.7 Å². The van der Waals surface area contributed by atoms with Gasteiger partial charge in [-0.25, -0.2) is 0 Å². The normalized spacial score (nSPS) is 31.2. The third-order valence-electron chi connectivity index (χ3n) is 8.96. The number of ketones is 4. The fraction of sp³-hybridized carbons (Fsp3) is 0.571. The van der Waals surface area contributed by atoms with E-state index in [0.717, 1.165) is 0 Å². The standard InChI is InChI=1S/C28H36N4O8/c1-6-27(3,30-7-2)26(39)31-15-9-8-12-10-13-11-14-19(32(4)5)22(35)18(25(29)38)24(37)28(14,40)23(36)17(13)21(34)16(12)20(15)33/h8-9,13-14,17-19,30,33,40H,6-7,10-11H2,1-5H3,(H2,29,38)(H,31,39)/t13?,14?,17?,18?,19-,27?,28-/m0/s1. The number of anilines is 1. The number of aromatic hydroxyl groups is 1.